The number of amides is 1. The Morgan fingerprint density at radius 3 is 2.69 bits per heavy atom. The van der Waals surface area contributed by atoms with Gasteiger partial charge < -0.3 is 19.5 Å². The fourth-order valence-electron chi connectivity index (χ4n) is 2.88. The van der Waals surface area contributed by atoms with E-state index in [0.717, 1.165) is 42.1 Å². The smallest absolute Gasteiger partial charge is 0.251 e. The predicted molar refractivity (Wildman–Crippen MR) is 100 cm³/mol. The number of rotatable bonds is 8. The molecule has 5 heteroatoms. The molecule has 5 nitrogen and oxygen atoms in total. The first-order valence-electron chi connectivity index (χ1n) is 9.04. The van der Waals surface area contributed by atoms with Gasteiger partial charge in [0.15, 0.2) is 0 Å². The summed E-state index contributed by atoms with van der Waals surface area (Å²) >= 11 is 0. The zero-order valence-corrected chi connectivity index (χ0v) is 15.3. The highest BCUT2D eigenvalue weighted by atomic mass is 16.5. The van der Waals surface area contributed by atoms with E-state index in [1.165, 1.54) is 0 Å². The molecule has 1 aliphatic heterocycles. The summed E-state index contributed by atoms with van der Waals surface area (Å²) in [6.45, 7) is 3.29. The van der Waals surface area contributed by atoms with Crippen molar-refractivity contribution in [2.75, 3.05) is 20.3 Å². The molecule has 1 heterocycles. The Morgan fingerprint density at radius 1 is 1.19 bits per heavy atom. The van der Waals surface area contributed by atoms with Crippen molar-refractivity contribution >= 4 is 5.91 Å². The molecule has 2 aromatic rings. The van der Waals surface area contributed by atoms with Gasteiger partial charge >= 0.3 is 0 Å². The summed E-state index contributed by atoms with van der Waals surface area (Å²) < 4.78 is 16.7. The average Bonchev–Trinajstić information content (AvgIpc) is 3.08. The highest BCUT2D eigenvalue weighted by molar-refractivity contribution is 5.94. The molecule has 2 aromatic carbocycles. The van der Waals surface area contributed by atoms with Gasteiger partial charge in [0.2, 0.25) is 0 Å². The van der Waals surface area contributed by atoms with Gasteiger partial charge in [0.05, 0.1) is 20.3 Å². The summed E-state index contributed by atoms with van der Waals surface area (Å²) in [4.78, 5) is 12.3. The summed E-state index contributed by atoms with van der Waals surface area (Å²) in [7, 11) is 1.65. The third-order valence-corrected chi connectivity index (χ3v) is 4.38. The highest BCUT2D eigenvalue weighted by Gasteiger charge is 2.23. The number of ether oxygens (including phenoxy) is 3. The SMILES string of the molecule is CCCCOc1ccc(C(=O)NCC2Cc3cc(OC)ccc3O2)cc1. The molecule has 1 atom stereocenters. The van der Waals surface area contributed by atoms with Crippen molar-refractivity contribution in [2.24, 2.45) is 0 Å². The van der Waals surface area contributed by atoms with Crippen molar-refractivity contribution in [1.82, 2.24) is 5.32 Å². The van der Waals surface area contributed by atoms with Crippen LogP contribution in [0.2, 0.25) is 0 Å². The second-order valence-corrected chi connectivity index (χ2v) is 6.35. The van der Waals surface area contributed by atoms with Crippen LogP contribution in [0.4, 0.5) is 0 Å². The van der Waals surface area contributed by atoms with Crippen LogP contribution in [-0.4, -0.2) is 32.3 Å². The second-order valence-electron chi connectivity index (χ2n) is 6.35. The van der Waals surface area contributed by atoms with Crippen LogP contribution in [0.5, 0.6) is 17.2 Å². The van der Waals surface area contributed by atoms with Crippen LogP contribution >= 0.6 is 0 Å². The summed E-state index contributed by atoms with van der Waals surface area (Å²) in [6, 6.07) is 13.0. The minimum atomic E-state index is -0.109. The quantitative estimate of drug-likeness (QED) is 0.735. The highest BCUT2D eigenvalue weighted by Crippen LogP contribution is 2.31. The maximum Gasteiger partial charge on any atom is 0.251 e. The van der Waals surface area contributed by atoms with Crippen LogP contribution in [-0.2, 0) is 6.42 Å². The van der Waals surface area contributed by atoms with Gasteiger partial charge in [-0.25, -0.2) is 0 Å². The fourth-order valence-corrected chi connectivity index (χ4v) is 2.88. The van der Waals surface area contributed by atoms with E-state index in [-0.39, 0.29) is 12.0 Å². The largest absolute Gasteiger partial charge is 0.497 e. The number of methoxy groups -OCH3 is 1. The zero-order chi connectivity index (χ0) is 18.4. The van der Waals surface area contributed by atoms with Crippen LogP contribution in [0.15, 0.2) is 42.5 Å². The Balaban J connectivity index is 1.48. The average molecular weight is 355 g/mol. The number of carbonyl (C=O) groups is 1. The molecule has 1 amide bonds. The molecule has 0 radical (unpaired) electrons. The summed E-state index contributed by atoms with van der Waals surface area (Å²) in [5, 5.41) is 2.94. The fraction of sp³-hybridized carbons (Fsp3) is 0.381. The van der Waals surface area contributed by atoms with E-state index in [4.69, 9.17) is 14.2 Å². The molecule has 3 rings (SSSR count). The molecule has 0 saturated carbocycles. The van der Waals surface area contributed by atoms with Crippen molar-refractivity contribution in [3.8, 4) is 17.2 Å². The maximum atomic E-state index is 12.3. The predicted octanol–water partition coefficient (Wildman–Crippen LogP) is 3.61. The first-order chi connectivity index (χ1) is 12.7. The molecule has 0 aliphatic carbocycles. The molecule has 0 spiro atoms. The first kappa shape index (κ1) is 18.1. The van der Waals surface area contributed by atoms with Crippen molar-refractivity contribution in [1.29, 1.82) is 0 Å². The summed E-state index contributed by atoms with van der Waals surface area (Å²) in [5.41, 5.74) is 1.72. The Hall–Kier alpha value is -2.69. The van der Waals surface area contributed by atoms with E-state index < -0.39 is 0 Å². The summed E-state index contributed by atoms with van der Waals surface area (Å²) in [6.07, 6.45) is 2.83. The van der Waals surface area contributed by atoms with Crippen LogP contribution < -0.4 is 19.5 Å². The minimum absolute atomic E-state index is 0.0577. The molecule has 0 fully saturated rings. The first-order valence-corrected chi connectivity index (χ1v) is 9.04. The monoisotopic (exact) mass is 355 g/mol. The third kappa shape index (κ3) is 4.48. The number of carbonyl (C=O) groups excluding carboxylic acids is 1. The molecule has 1 unspecified atom stereocenters. The van der Waals surface area contributed by atoms with E-state index in [1.807, 2.05) is 30.3 Å². The van der Waals surface area contributed by atoms with E-state index in [2.05, 4.69) is 12.2 Å². The molecular weight excluding hydrogens is 330 g/mol. The van der Waals surface area contributed by atoms with E-state index >= 15 is 0 Å². The second kappa shape index (κ2) is 8.61. The Kier molecular flexibility index (Phi) is 6.00. The molecule has 1 N–H and O–H groups in total. The van der Waals surface area contributed by atoms with Gasteiger partial charge in [0, 0.05) is 17.5 Å². The lowest BCUT2D eigenvalue weighted by Crippen LogP contribution is -2.34. The van der Waals surface area contributed by atoms with Gasteiger partial charge in [-0.3, -0.25) is 4.79 Å². The van der Waals surface area contributed by atoms with Crippen LogP contribution in [0, 0.1) is 0 Å². The standard InChI is InChI=1S/C21H25NO4/c1-3-4-11-25-17-7-5-15(6-8-17)21(23)22-14-19-13-16-12-18(24-2)9-10-20(16)26-19/h5-10,12,19H,3-4,11,13-14H2,1-2H3,(H,22,23). The van der Waals surface area contributed by atoms with E-state index in [9.17, 15) is 4.79 Å². The van der Waals surface area contributed by atoms with Crippen LogP contribution in [0.25, 0.3) is 0 Å². The molecule has 0 aromatic heterocycles. The number of nitrogens with one attached hydrogen (secondary N) is 1. The molecule has 138 valence electrons. The molecule has 0 saturated heterocycles. The van der Waals surface area contributed by atoms with Crippen molar-refractivity contribution in [3.63, 3.8) is 0 Å². The van der Waals surface area contributed by atoms with Crippen molar-refractivity contribution in [3.05, 3.63) is 53.6 Å². The Bertz CT molecular complexity index is 742. The Labute approximate surface area is 154 Å². The molecule has 26 heavy (non-hydrogen) atoms. The van der Waals surface area contributed by atoms with Crippen molar-refractivity contribution < 1.29 is 19.0 Å². The number of unbranched alkanes of at least 4 members (excludes halogenated alkanes) is 1. The van der Waals surface area contributed by atoms with Gasteiger partial charge in [-0.15, -0.1) is 0 Å². The number of hydrogen-bond acceptors (Lipinski definition) is 4. The minimum Gasteiger partial charge on any atom is -0.497 e. The Morgan fingerprint density at radius 2 is 1.96 bits per heavy atom. The van der Waals surface area contributed by atoms with Gasteiger partial charge in [-0.05, 0) is 48.9 Å². The van der Waals surface area contributed by atoms with Crippen molar-refractivity contribution in [2.45, 2.75) is 32.3 Å². The lowest BCUT2D eigenvalue weighted by atomic mass is 10.1. The topological polar surface area (TPSA) is 56.8 Å². The molecule has 0 bridgehead atoms. The zero-order valence-electron chi connectivity index (χ0n) is 15.3. The van der Waals surface area contributed by atoms with Gasteiger partial charge in [-0.1, -0.05) is 13.3 Å². The van der Waals surface area contributed by atoms with E-state index in [1.54, 1.807) is 19.2 Å². The third-order valence-electron chi connectivity index (χ3n) is 4.38. The lowest BCUT2D eigenvalue weighted by molar-refractivity contribution is 0.0933. The van der Waals surface area contributed by atoms with E-state index in [0.29, 0.717) is 18.7 Å². The van der Waals surface area contributed by atoms with Gasteiger partial charge in [0.25, 0.3) is 5.91 Å². The van der Waals surface area contributed by atoms with Gasteiger partial charge in [-0.2, -0.15) is 0 Å². The molecular formula is C21H25NO4. The molecule has 1 aliphatic rings. The van der Waals surface area contributed by atoms with Crippen LogP contribution in [0.1, 0.15) is 35.7 Å². The normalized spacial score (nSPS) is 15.1. The number of fused-ring (bicyclic) bond motifs is 1. The maximum absolute atomic E-state index is 12.3. The summed E-state index contributed by atoms with van der Waals surface area (Å²) in [5.74, 6) is 2.36. The number of benzene rings is 2. The van der Waals surface area contributed by atoms with Gasteiger partial charge in [0.1, 0.15) is 23.4 Å². The number of hydrogen-bond donors (Lipinski definition) is 1. The lowest BCUT2D eigenvalue weighted by Gasteiger charge is -2.12. The van der Waals surface area contributed by atoms with Crippen LogP contribution in [0.3, 0.4) is 0 Å².